The van der Waals surface area contributed by atoms with Gasteiger partial charge in [-0.05, 0) is 62.1 Å². The number of Topliss-reactive ketones (excluding diaryl/α,β-unsaturated/α-hetero) is 1. The van der Waals surface area contributed by atoms with Crippen molar-refractivity contribution in [2.75, 3.05) is 25.2 Å². The Labute approximate surface area is 175 Å². The molecule has 2 aromatic rings. The molecule has 2 aromatic carbocycles. The molecule has 0 saturated carbocycles. The molecule has 1 aliphatic heterocycles. The first-order valence-electron chi connectivity index (χ1n) is 9.96. The Kier molecular flexibility index (Phi) is 6.72. The maximum Gasteiger partial charge on any atom is 0.249 e. The maximum absolute atomic E-state index is 12.8. The van der Waals surface area contributed by atoms with Gasteiger partial charge in [-0.2, -0.15) is 0 Å². The van der Waals surface area contributed by atoms with Crippen molar-refractivity contribution in [1.29, 1.82) is 0 Å². The Hall–Kier alpha value is -3.35. The Morgan fingerprint density at radius 3 is 2.63 bits per heavy atom. The Bertz CT molecular complexity index is 970. The Morgan fingerprint density at radius 1 is 1.13 bits per heavy atom. The number of methoxy groups -OCH3 is 1. The van der Waals surface area contributed by atoms with E-state index in [1.165, 1.54) is 14.0 Å². The number of benzene rings is 2. The molecule has 2 N–H and O–H groups in total. The summed E-state index contributed by atoms with van der Waals surface area (Å²) in [6, 6.07) is 10.3. The van der Waals surface area contributed by atoms with E-state index in [2.05, 4.69) is 0 Å². The molecule has 0 aliphatic carbocycles. The highest BCUT2D eigenvalue weighted by Crippen LogP contribution is 2.31. The van der Waals surface area contributed by atoms with Crippen molar-refractivity contribution < 1.29 is 23.9 Å². The summed E-state index contributed by atoms with van der Waals surface area (Å²) in [5.74, 6) is 0.480. The van der Waals surface area contributed by atoms with Gasteiger partial charge >= 0.3 is 0 Å². The fourth-order valence-corrected chi connectivity index (χ4v) is 3.66. The molecule has 2 amide bonds. The molecule has 7 nitrogen and oxygen atoms in total. The van der Waals surface area contributed by atoms with E-state index in [1.54, 1.807) is 35.2 Å². The first-order valence-corrected chi connectivity index (χ1v) is 9.96. The average Bonchev–Trinajstić information content (AvgIpc) is 2.75. The molecule has 0 fully saturated rings. The largest absolute Gasteiger partial charge is 0.493 e. The monoisotopic (exact) mass is 410 g/mol. The molecule has 0 radical (unpaired) electrons. The Morgan fingerprint density at radius 2 is 1.93 bits per heavy atom. The molecule has 0 atom stereocenters. The standard InChI is InChI=1S/C23H26N2O5/c1-15(26)16-10-11-20(21(14-16)29-2)30-13-5-9-22(27)25-12-4-7-17-18(23(24)28)6-3-8-19(17)25/h3,6,8,10-11,14H,4-5,7,9,12-13H2,1-2H3,(H2,24,28). The molecule has 158 valence electrons. The van der Waals surface area contributed by atoms with E-state index in [0.29, 0.717) is 48.6 Å². The number of fused-ring (bicyclic) bond motifs is 1. The van der Waals surface area contributed by atoms with Gasteiger partial charge in [0.25, 0.3) is 0 Å². The number of hydrogen-bond acceptors (Lipinski definition) is 5. The predicted octanol–water partition coefficient (Wildman–Crippen LogP) is 3.14. The first-order chi connectivity index (χ1) is 14.4. The highest BCUT2D eigenvalue weighted by atomic mass is 16.5. The lowest BCUT2D eigenvalue weighted by Gasteiger charge is -2.30. The van der Waals surface area contributed by atoms with E-state index in [-0.39, 0.29) is 11.7 Å². The lowest BCUT2D eigenvalue weighted by atomic mass is 9.95. The summed E-state index contributed by atoms with van der Waals surface area (Å²) < 4.78 is 11.0. The normalized spacial score (nSPS) is 12.8. The number of primary amides is 1. The van der Waals surface area contributed by atoms with Gasteiger partial charge in [0.1, 0.15) is 0 Å². The summed E-state index contributed by atoms with van der Waals surface area (Å²) in [5.41, 5.74) is 8.12. The van der Waals surface area contributed by atoms with Crippen LogP contribution in [0.15, 0.2) is 36.4 Å². The zero-order valence-electron chi connectivity index (χ0n) is 17.3. The van der Waals surface area contributed by atoms with Crippen molar-refractivity contribution in [1.82, 2.24) is 0 Å². The van der Waals surface area contributed by atoms with E-state index >= 15 is 0 Å². The smallest absolute Gasteiger partial charge is 0.249 e. The molecule has 1 aliphatic rings. The quantitative estimate of drug-likeness (QED) is 0.532. The first kappa shape index (κ1) is 21.4. The van der Waals surface area contributed by atoms with Crippen LogP contribution in [-0.2, 0) is 11.2 Å². The van der Waals surface area contributed by atoms with Crippen LogP contribution >= 0.6 is 0 Å². The van der Waals surface area contributed by atoms with Crippen LogP contribution in [-0.4, -0.2) is 37.9 Å². The highest BCUT2D eigenvalue weighted by Gasteiger charge is 2.25. The van der Waals surface area contributed by atoms with Crippen LogP contribution in [0.3, 0.4) is 0 Å². The van der Waals surface area contributed by atoms with E-state index < -0.39 is 5.91 Å². The second kappa shape index (κ2) is 9.43. The molecule has 0 saturated heterocycles. The van der Waals surface area contributed by atoms with Crippen molar-refractivity contribution in [3.05, 3.63) is 53.1 Å². The lowest BCUT2D eigenvalue weighted by Crippen LogP contribution is -2.36. The number of nitrogens with zero attached hydrogens (tertiary/aromatic N) is 1. The molecule has 0 bridgehead atoms. The summed E-state index contributed by atoms with van der Waals surface area (Å²) in [5, 5.41) is 0. The molecular weight excluding hydrogens is 384 g/mol. The average molecular weight is 410 g/mol. The number of rotatable bonds is 8. The SMILES string of the molecule is COc1cc(C(C)=O)ccc1OCCCC(=O)N1CCCc2c(C(N)=O)cccc21. The lowest BCUT2D eigenvalue weighted by molar-refractivity contribution is -0.118. The van der Waals surface area contributed by atoms with Crippen LogP contribution in [0.4, 0.5) is 5.69 Å². The van der Waals surface area contributed by atoms with Gasteiger partial charge in [0.2, 0.25) is 11.8 Å². The van der Waals surface area contributed by atoms with Gasteiger partial charge in [-0.15, -0.1) is 0 Å². The van der Waals surface area contributed by atoms with Crippen LogP contribution in [0.1, 0.15) is 52.5 Å². The fraction of sp³-hybridized carbons (Fsp3) is 0.348. The summed E-state index contributed by atoms with van der Waals surface area (Å²) in [7, 11) is 1.52. The number of carbonyl (C=O) groups excluding carboxylic acids is 3. The zero-order valence-corrected chi connectivity index (χ0v) is 17.3. The van der Waals surface area contributed by atoms with E-state index in [1.807, 2.05) is 6.07 Å². The van der Waals surface area contributed by atoms with Crippen molar-refractivity contribution in [2.24, 2.45) is 5.73 Å². The van der Waals surface area contributed by atoms with Gasteiger partial charge in [0, 0.05) is 29.8 Å². The van der Waals surface area contributed by atoms with Crippen LogP contribution in [0.5, 0.6) is 11.5 Å². The van der Waals surface area contributed by atoms with Crippen molar-refractivity contribution >= 4 is 23.3 Å². The molecule has 7 heteroatoms. The molecule has 3 rings (SSSR count). The van der Waals surface area contributed by atoms with Gasteiger partial charge in [-0.25, -0.2) is 0 Å². The van der Waals surface area contributed by atoms with Crippen molar-refractivity contribution in [3.8, 4) is 11.5 Å². The van der Waals surface area contributed by atoms with E-state index in [0.717, 1.165) is 24.1 Å². The second-order valence-electron chi connectivity index (χ2n) is 7.19. The van der Waals surface area contributed by atoms with E-state index in [4.69, 9.17) is 15.2 Å². The molecule has 0 unspecified atom stereocenters. The van der Waals surface area contributed by atoms with Gasteiger partial charge in [0.15, 0.2) is 17.3 Å². The summed E-state index contributed by atoms with van der Waals surface area (Å²) >= 11 is 0. The predicted molar refractivity (Wildman–Crippen MR) is 113 cm³/mol. The zero-order chi connectivity index (χ0) is 21.7. The van der Waals surface area contributed by atoms with Crippen molar-refractivity contribution in [3.63, 3.8) is 0 Å². The minimum atomic E-state index is -0.473. The van der Waals surface area contributed by atoms with Gasteiger partial charge in [-0.3, -0.25) is 14.4 Å². The molecule has 1 heterocycles. The molecule has 0 spiro atoms. The third-order valence-electron chi connectivity index (χ3n) is 5.18. The van der Waals surface area contributed by atoms with Gasteiger partial charge in [-0.1, -0.05) is 6.07 Å². The number of ether oxygens (including phenoxy) is 2. The highest BCUT2D eigenvalue weighted by molar-refractivity contribution is 6.00. The van der Waals surface area contributed by atoms with E-state index in [9.17, 15) is 14.4 Å². The maximum atomic E-state index is 12.8. The molecule has 0 aromatic heterocycles. The molecule has 30 heavy (non-hydrogen) atoms. The third kappa shape index (κ3) is 4.62. The number of carbonyl (C=O) groups is 3. The van der Waals surface area contributed by atoms with Crippen LogP contribution in [0, 0.1) is 0 Å². The summed E-state index contributed by atoms with van der Waals surface area (Å²) in [4.78, 5) is 37.7. The second-order valence-corrected chi connectivity index (χ2v) is 7.19. The van der Waals surface area contributed by atoms with Crippen molar-refractivity contribution in [2.45, 2.75) is 32.6 Å². The Balaban J connectivity index is 1.60. The van der Waals surface area contributed by atoms with Crippen LogP contribution < -0.4 is 20.1 Å². The third-order valence-corrected chi connectivity index (χ3v) is 5.18. The topological polar surface area (TPSA) is 98.9 Å². The number of hydrogen-bond donors (Lipinski definition) is 1. The number of nitrogens with two attached hydrogens (primary N) is 1. The fourth-order valence-electron chi connectivity index (χ4n) is 3.66. The van der Waals surface area contributed by atoms with Crippen LogP contribution in [0.2, 0.25) is 0 Å². The summed E-state index contributed by atoms with van der Waals surface area (Å²) in [6.45, 7) is 2.45. The molecular formula is C23H26N2O5. The minimum Gasteiger partial charge on any atom is -0.493 e. The number of amides is 2. The van der Waals surface area contributed by atoms with Gasteiger partial charge < -0.3 is 20.1 Å². The number of ketones is 1. The minimum absolute atomic E-state index is 0.0138. The summed E-state index contributed by atoms with van der Waals surface area (Å²) in [6.07, 6.45) is 2.36. The number of anilines is 1. The van der Waals surface area contributed by atoms with Crippen LogP contribution in [0.25, 0.3) is 0 Å². The van der Waals surface area contributed by atoms with Gasteiger partial charge in [0.05, 0.1) is 13.7 Å².